The number of fused-ring (bicyclic) bond motifs is 1. The number of rotatable bonds is 4. The van der Waals surface area contributed by atoms with Crippen LogP contribution in [0.5, 0.6) is 11.5 Å². The number of ether oxygens (including phenoxy) is 2. The molecule has 7 heteroatoms. The minimum atomic E-state index is -0.377. The monoisotopic (exact) mass is 414 g/mol. The first-order valence-corrected chi connectivity index (χ1v) is 9.97. The van der Waals surface area contributed by atoms with Crippen molar-refractivity contribution in [1.82, 2.24) is 4.90 Å². The van der Waals surface area contributed by atoms with Gasteiger partial charge in [-0.25, -0.2) is 0 Å². The molecule has 0 saturated carbocycles. The van der Waals surface area contributed by atoms with Gasteiger partial charge in [-0.15, -0.1) is 0 Å². The first-order chi connectivity index (χ1) is 14.0. The molecule has 1 fully saturated rings. The summed E-state index contributed by atoms with van der Waals surface area (Å²) in [4.78, 5) is 29.3. The average molecular weight is 415 g/mol. The Balaban J connectivity index is 1.53. The van der Waals surface area contributed by atoms with Gasteiger partial charge in [-0.05, 0) is 23.6 Å². The molecule has 0 aliphatic carbocycles. The van der Waals surface area contributed by atoms with Crippen LogP contribution in [0, 0.1) is 5.92 Å². The Morgan fingerprint density at radius 2 is 1.83 bits per heavy atom. The molecule has 2 aliphatic heterocycles. The van der Waals surface area contributed by atoms with E-state index in [1.807, 2.05) is 17.0 Å². The van der Waals surface area contributed by atoms with Crippen molar-refractivity contribution in [2.24, 2.45) is 5.92 Å². The topological polar surface area (TPSA) is 59.1 Å². The van der Waals surface area contributed by atoms with Crippen molar-refractivity contribution in [3.05, 3.63) is 52.5 Å². The molecule has 2 aliphatic rings. The van der Waals surface area contributed by atoms with Gasteiger partial charge in [0, 0.05) is 32.1 Å². The maximum atomic E-state index is 13.1. The van der Waals surface area contributed by atoms with Crippen LogP contribution in [0.1, 0.15) is 17.5 Å². The van der Waals surface area contributed by atoms with Crippen molar-refractivity contribution in [3.8, 4) is 11.5 Å². The Morgan fingerprint density at radius 1 is 1.10 bits per heavy atom. The summed E-state index contributed by atoms with van der Waals surface area (Å²) in [6.45, 7) is 1.59. The van der Waals surface area contributed by atoms with Crippen LogP contribution in [0.2, 0.25) is 5.02 Å². The third kappa shape index (κ3) is 3.65. The summed E-state index contributed by atoms with van der Waals surface area (Å²) in [5.41, 5.74) is 3.03. The zero-order chi connectivity index (χ0) is 20.5. The number of benzene rings is 2. The van der Waals surface area contributed by atoms with Gasteiger partial charge in [-0.2, -0.15) is 0 Å². The molecule has 4 rings (SSSR count). The molecule has 0 spiro atoms. The molecule has 0 N–H and O–H groups in total. The summed E-state index contributed by atoms with van der Waals surface area (Å²) < 4.78 is 10.6. The van der Waals surface area contributed by atoms with Crippen LogP contribution in [0.4, 0.5) is 5.69 Å². The van der Waals surface area contributed by atoms with Crippen molar-refractivity contribution in [1.29, 1.82) is 0 Å². The van der Waals surface area contributed by atoms with E-state index in [2.05, 4.69) is 12.1 Å². The summed E-state index contributed by atoms with van der Waals surface area (Å²) in [5, 5.41) is 0.388. The van der Waals surface area contributed by atoms with Crippen LogP contribution in [0.25, 0.3) is 0 Å². The van der Waals surface area contributed by atoms with Crippen molar-refractivity contribution in [3.63, 3.8) is 0 Å². The van der Waals surface area contributed by atoms with E-state index in [1.165, 1.54) is 25.3 Å². The first kappa shape index (κ1) is 19.6. The highest BCUT2D eigenvalue weighted by Gasteiger charge is 2.39. The lowest BCUT2D eigenvalue weighted by Gasteiger charge is -2.30. The van der Waals surface area contributed by atoms with E-state index in [0.717, 1.165) is 6.42 Å². The van der Waals surface area contributed by atoms with Gasteiger partial charge in [0.1, 0.15) is 11.5 Å². The van der Waals surface area contributed by atoms with Gasteiger partial charge < -0.3 is 19.3 Å². The highest BCUT2D eigenvalue weighted by atomic mass is 35.5. The number of halogens is 1. The zero-order valence-electron chi connectivity index (χ0n) is 16.5. The van der Waals surface area contributed by atoms with Gasteiger partial charge in [0.2, 0.25) is 11.8 Å². The smallest absolute Gasteiger partial charge is 0.228 e. The molecule has 2 aromatic carbocycles. The molecule has 152 valence electrons. The number of hydrogen-bond donors (Lipinski definition) is 0. The molecule has 2 aromatic rings. The molecule has 0 bridgehead atoms. The van der Waals surface area contributed by atoms with Crippen molar-refractivity contribution >= 4 is 29.1 Å². The number of carbonyl (C=O) groups excluding carboxylic acids is 2. The Bertz CT molecular complexity index is 962. The number of nitrogens with zero attached hydrogens (tertiary/aromatic N) is 2. The lowest BCUT2D eigenvalue weighted by atomic mass is 9.98. The van der Waals surface area contributed by atoms with Crippen LogP contribution in [0.3, 0.4) is 0 Å². The van der Waals surface area contributed by atoms with E-state index in [9.17, 15) is 9.59 Å². The van der Waals surface area contributed by atoms with Crippen molar-refractivity contribution < 1.29 is 19.1 Å². The van der Waals surface area contributed by atoms with Crippen LogP contribution in [0.15, 0.2) is 36.4 Å². The van der Waals surface area contributed by atoms with Crippen LogP contribution in [-0.2, 0) is 22.6 Å². The number of amides is 2. The molecule has 6 nitrogen and oxygen atoms in total. The van der Waals surface area contributed by atoms with Gasteiger partial charge in [0.05, 0.1) is 30.8 Å². The fourth-order valence-corrected chi connectivity index (χ4v) is 4.34. The minimum Gasteiger partial charge on any atom is -0.495 e. The molecule has 29 heavy (non-hydrogen) atoms. The van der Waals surface area contributed by atoms with Crippen LogP contribution < -0.4 is 14.4 Å². The second-order valence-electron chi connectivity index (χ2n) is 7.34. The molecule has 0 unspecified atom stereocenters. The van der Waals surface area contributed by atoms with Crippen LogP contribution >= 0.6 is 11.6 Å². The largest absolute Gasteiger partial charge is 0.495 e. The molecule has 0 radical (unpaired) electrons. The molecule has 1 saturated heterocycles. The minimum absolute atomic E-state index is 0.0222. The van der Waals surface area contributed by atoms with E-state index < -0.39 is 0 Å². The number of hydrogen-bond acceptors (Lipinski definition) is 4. The molecule has 2 amide bonds. The summed E-state index contributed by atoms with van der Waals surface area (Å²) in [6, 6.07) is 11.5. The maximum absolute atomic E-state index is 13.1. The lowest BCUT2D eigenvalue weighted by molar-refractivity contribution is -0.136. The Hall–Kier alpha value is -2.73. The summed E-state index contributed by atoms with van der Waals surface area (Å²) >= 11 is 6.26. The van der Waals surface area contributed by atoms with E-state index in [1.54, 1.807) is 17.0 Å². The number of anilines is 1. The summed E-state index contributed by atoms with van der Waals surface area (Å²) in [7, 11) is 3.05. The van der Waals surface area contributed by atoms with Gasteiger partial charge in [-0.1, -0.05) is 35.9 Å². The third-order valence-electron chi connectivity index (χ3n) is 5.66. The highest BCUT2D eigenvalue weighted by Crippen LogP contribution is 2.40. The molecular weight excluding hydrogens is 392 g/mol. The van der Waals surface area contributed by atoms with Gasteiger partial charge in [-0.3, -0.25) is 9.59 Å². The lowest BCUT2D eigenvalue weighted by Crippen LogP contribution is -2.40. The molecular formula is C22H23ClN2O4. The van der Waals surface area contributed by atoms with E-state index in [0.29, 0.717) is 41.8 Å². The Morgan fingerprint density at radius 3 is 2.55 bits per heavy atom. The highest BCUT2D eigenvalue weighted by molar-refractivity contribution is 6.32. The second kappa shape index (κ2) is 7.95. The SMILES string of the molecule is COc1cc(OC)c(N2C[C@@H](C(=O)N3CCc4ccccc4C3)CC2=O)cc1Cl. The van der Waals surface area contributed by atoms with Crippen molar-refractivity contribution in [2.75, 3.05) is 32.2 Å². The van der Waals surface area contributed by atoms with Gasteiger partial charge >= 0.3 is 0 Å². The fourth-order valence-electron chi connectivity index (χ4n) is 4.10. The zero-order valence-corrected chi connectivity index (χ0v) is 17.2. The maximum Gasteiger partial charge on any atom is 0.228 e. The van der Waals surface area contributed by atoms with E-state index in [-0.39, 0.29) is 24.2 Å². The van der Waals surface area contributed by atoms with Crippen LogP contribution in [-0.4, -0.2) is 44.0 Å². The second-order valence-corrected chi connectivity index (χ2v) is 7.75. The summed E-state index contributed by atoms with van der Waals surface area (Å²) in [6.07, 6.45) is 1.03. The summed E-state index contributed by atoms with van der Waals surface area (Å²) in [5.74, 6) is 0.491. The number of carbonyl (C=O) groups is 2. The normalized spacial score (nSPS) is 18.6. The van der Waals surface area contributed by atoms with Crippen molar-refractivity contribution in [2.45, 2.75) is 19.4 Å². The standard InChI is InChI=1S/C22H23ClN2O4/c1-28-19-11-20(29-2)18(10-17(19)23)25-13-16(9-21(25)26)22(27)24-8-7-14-5-3-4-6-15(14)12-24/h3-6,10-11,16H,7-9,12-13H2,1-2H3/t16-/m0/s1. The molecule has 0 aromatic heterocycles. The predicted octanol–water partition coefficient (Wildman–Crippen LogP) is 3.30. The fraction of sp³-hybridized carbons (Fsp3) is 0.364. The molecule has 2 heterocycles. The third-order valence-corrected chi connectivity index (χ3v) is 5.96. The Kier molecular flexibility index (Phi) is 5.37. The van der Waals surface area contributed by atoms with E-state index >= 15 is 0 Å². The predicted molar refractivity (Wildman–Crippen MR) is 111 cm³/mol. The Labute approximate surface area is 174 Å². The molecule has 1 atom stereocenters. The van der Waals surface area contributed by atoms with Gasteiger partial charge in [0.25, 0.3) is 0 Å². The van der Waals surface area contributed by atoms with Gasteiger partial charge in [0.15, 0.2) is 0 Å². The van der Waals surface area contributed by atoms with E-state index in [4.69, 9.17) is 21.1 Å². The number of methoxy groups -OCH3 is 2. The average Bonchev–Trinajstić information content (AvgIpc) is 3.14. The quantitative estimate of drug-likeness (QED) is 0.770. The first-order valence-electron chi connectivity index (χ1n) is 9.59.